The molecule has 1 saturated heterocycles. The Morgan fingerprint density at radius 2 is 2.05 bits per heavy atom. The van der Waals surface area contributed by atoms with E-state index in [9.17, 15) is 5.11 Å². The summed E-state index contributed by atoms with van der Waals surface area (Å²) < 4.78 is 10.5. The van der Waals surface area contributed by atoms with Gasteiger partial charge >= 0.3 is 0 Å². The van der Waals surface area contributed by atoms with E-state index >= 15 is 0 Å². The van der Waals surface area contributed by atoms with Crippen molar-refractivity contribution in [3.05, 3.63) is 11.7 Å². The lowest BCUT2D eigenvalue weighted by Crippen LogP contribution is -2.44. The molecule has 7 heteroatoms. The van der Waals surface area contributed by atoms with E-state index in [0.717, 1.165) is 26.3 Å². The molecule has 1 aliphatic rings. The lowest BCUT2D eigenvalue weighted by Gasteiger charge is -2.29. The average Bonchev–Trinajstić information content (AvgIpc) is 2.86. The van der Waals surface area contributed by atoms with Gasteiger partial charge in [0, 0.05) is 26.2 Å². The summed E-state index contributed by atoms with van der Waals surface area (Å²) in [6, 6.07) is -0.0365. The SMILES string of the molecule is Cc1noc(C(NCC(O)CN2CCOCC2)C(C)C)n1. The standard InChI is InChI=1S/C14H26N4O3/c1-10(2)13(14-16-11(3)17-21-14)15-8-12(19)9-18-4-6-20-7-5-18/h10,12-13,15,19H,4-9H2,1-3H3. The van der Waals surface area contributed by atoms with Gasteiger partial charge in [-0.3, -0.25) is 4.90 Å². The third kappa shape index (κ3) is 5.03. The first kappa shape index (κ1) is 16.4. The molecule has 21 heavy (non-hydrogen) atoms. The van der Waals surface area contributed by atoms with Crippen LogP contribution in [0.3, 0.4) is 0 Å². The number of aromatic nitrogens is 2. The number of morpholine rings is 1. The summed E-state index contributed by atoms with van der Waals surface area (Å²) in [4.78, 5) is 6.50. The number of hydrogen-bond acceptors (Lipinski definition) is 7. The van der Waals surface area contributed by atoms with E-state index in [0.29, 0.717) is 30.7 Å². The summed E-state index contributed by atoms with van der Waals surface area (Å²) in [5, 5.41) is 17.3. The van der Waals surface area contributed by atoms with Crippen molar-refractivity contribution >= 4 is 0 Å². The van der Waals surface area contributed by atoms with Gasteiger partial charge in [-0.1, -0.05) is 19.0 Å². The number of nitrogens with one attached hydrogen (secondary N) is 1. The molecule has 1 aromatic rings. The Labute approximate surface area is 125 Å². The van der Waals surface area contributed by atoms with Gasteiger partial charge in [-0.25, -0.2) is 0 Å². The molecule has 7 nitrogen and oxygen atoms in total. The van der Waals surface area contributed by atoms with E-state index in [1.807, 2.05) is 0 Å². The summed E-state index contributed by atoms with van der Waals surface area (Å²) in [6.07, 6.45) is -0.423. The van der Waals surface area contributed by atoms with E-state index in [2.05, 4.69) is 34.2 Å². The largest absolute Gasteiger partial charge is 0.390 e. The lowest BCUT2D eigenvalue weighted by atomic mass is 10.0. The number of aryl methyl sites for hydroxylation is 1. The maximum Gasteiger partial charge on any atom is 0.244 e. The molecule has 1 aromatic heterocycles. The Morgan fingerprint density at radius 3 is 2.62 bits per heavy atom. The molecule has 2 heterocycles. The molecular formula is C14H26N4O3. The topological polar surface area (TPSA) is 83.7 Å². The summed E-state index contributed by atoms with van der Waals surface area (Å²) in [5.74, 6) is 1.52. The number of ether oxygens (including phenoxy) is 1. The summed E-state index contributed by atoms with van der Waals surface area (Å²) in [7, 11) is 0. The first-order valence-corrected chi connectivity index (χ1v) is 7.58. The van der Waals surface area contributed by atoms with Crippen LogP contribution in [0.25, 0.3) is 0 Å². The minimum absolute atomic E-state index is 0.0365. The Kier molecular flexibility index (Phi) is 6.10. The minimum atomic E-state index is -0.423. The molecule has 2 atom stereocenters. The highest BCUT2D eigenvalue weighted by Gasteiger charge is 2.23. The number of aliphatic hydroxyl groups is 1. The van der Waals surface area contributed by atoms with Gasteiger partial charge in [-0.2, -0.15) is 4.98 Å². The maximum absolute atomic E-state index is 10.2. The third-order valence-corrected chi connectivity index (χ3v) is 3.62. The van der Waals surface area contributed by atoms with Crippen LogP contribution in [-0.2, 0) is 4.74 Å². The molecule has 1 fully saturated rings. The first-order chi connectivity index (χ1) is 10.1. The van der Waals surface area contributed by atoms with Crippen LogP contribution in [-0.4, -0.2) is 65.6 Å². The first-order valence-electron chi connectivity index (χ1n) is 7.58. The molecule has 0 aliphatic carbocycles. The molecule has 0 amide bonds. The van der Waals surface area contributed by atoms with Gasteiger partial charge in [0.05, 0.1) is 25.4 Å². The predicted molar refractivity (Wildman–Crippen MR) is 77.9 cm³/mol. The summed E-state index contributed by atoms with van der Waals surface area (Å²) >= 11 is 0. The molecule has 0 saturated carbocycles. The zero-order chi connectivity index (χ0) is 15.2. The average molecular weight is 298 g/mol. The van der Waals surface area contributed by atoms with Gasteiger partial charge in [0.2, 0.25) is 5.89 Å². The molecule has 2 N–H and O–H groups in total. The second-order valence-corrected chi connectivity index (χ2v) is 5.88. The van der Waals surface area contributed by atoms with Crippen LogP contribution in [0.2, 0.25) is 0 Å². The van der Waals surface area contributed by atoms with Gasteiger partial charge in [0.15, 0.2) is 5.82 Å². The van der Waals surface area contributed by atoms with Crippen LogP contribution >= 0.6 is 0 Å². The number of nitrogens with zero attached hydrogens (tertiary/aromatic N) is 3. The second kappa shape index (κ2) is 7.84. The molecule has 1 aliphatic heterocycles. The van der Waals surface area contributed by atoms with Crippen LogP contribution in [0.1, 0.15) is 31.6 Å². The van der Waals surface area contributed by atoms with Crippen molar-refractivity contribution in [2.45, 2.75) is 32.9 Å². The number of aliphatic hydroxyl groups excluding tert-OH is 1. The summed E-state index contributed by atoms with van der Waals surface area (Å²) in [5.41, 5.74) is 0. The van der Waals surface area contributed by atoms with Crippen molar-refractivity contribution < 1.29 is 14.4 Å². The van der Waals surface area contributed by atoms with Crippen molar-refractivity contribution in [2.24, 2.45) is 5.92 Å². The fourth-order valence-electron chi connectivity index (χ4n) is 2.46. The Balaban J connectivity index is 1.81. The van der Waals surface area contributed by atoms with Gasteiger partial charge in [-0.05, 0) is 12.8 Å². The zero-order valence-corrected chi connectivity index (χ0v) is 13.1. The van der Waals surface area contributed by atoms with Crippen molar-refractivity contribution in [3.63, 3.8) is 0 Å². The van der Waals surface area contributed by atoms with Crippen molar-refractivity contribution in [2.75, 3.05) is 39.4 Å². The van der Waals surface area contributed by atoms with Crippen LogP contribution in [0, 0.1) is 12.8 Å². The Bertz CT molecular complexity index is 418. The highest BCUT2D eigenvalue weighted by Crippen LogP contribution is 2.19. The van der Waals surface area contributed by atoms with Crippen molar-refractivity contribution in [1.29, 1.82) is 0 Å². The highest BCUT2D eigenvalue weighted by molar-refractivity contribution is 4.93. The number of β-amino-alcohol motifs (C(OH)–C–C–N with tert-alkyl or cyclic N) is 1. The molecule has 2 unspecified atom stereocenters. The number of hydrogen-bond donors (Lipinski definition) is 2. The van der Waals surface area contributed by atoms with Gasteiger partial charge < -0.3 is 19.7 Å². The van der Waals surface area contributed by atoms with E-state index in [1.54, 1.807) is 6.92 Å². The molecule has 2 rings (SSSR count). The minimum Gasteiger partial charge on any atom is -0.390 e. The number of rotatable bonds is 7. The van der Waals surface area contributed by atoms with Crippen molar-refractivity contribution in [1.82, 2.24) is 20.4 Å². The van der Waals surface area contributed by atoms with Crippen LogP contribution < -0.4 is 5.32 Å². The molecule has 0 aromatic carbocycles. The molecular weight excluding hydrogens is 272 g/mol. The van der Waals surface area contributed by atoms with Crippen LogP contribution in [0.5, 0.6) is 0 Å². The molecule has 0 bridgehead atoms. The normalized spacial score (nSPS) is 19.9. The fraction of sp³-hybridized carbons (Fsp3) is 0.857. The molecule has 0 spiro atoms. The molecule has 120 valence electrons. The Morgan fingerprint density at radius 1 is 1.33 bits per heavy atom. The van der Waals surface area contributed by atoms with E-state index in [-0.39, 0.29) is 6.04 Å². The van der Waals surface area contributed by atoms with Crippen LogP contribution in [0.4, 0.5) is 0 Å². The summed E-state index contributed by atoms with van der Waals surface area (Å²) in [6.45, 7) is 10.4. The third-order valence-electron chi connectivity index (χ3n) is 3.62. The molecule has 0 radical (unpaired) electrons. The predicted octanol–water partition coefficient (Wildman–Crippen LogP) is 0.358. The highest BCUT2D eigenvalue weighted by atomic mass is 16.5. The fourth-order valence-corrected chi connectivity index (χ4v) is 2.46. The smallest absolute Gasteiger partial charge is 0.244 e. The monoisotopic (exact) mass is 298 g/mol. The van der Waals surface area contributed by atoms with Gasteiger partial charge in [0.1, 0.15) is 0 Å². The Hall–Kier alpha value is -1.02. The van der Waals surface area contributed by atoms with Crippen molar-refractivity contribution in [3.8, 4) is 0 Å². The van der Waals surface area contributed by atoms with Gasteiger partial charge in [-0.15, -0.1) is 0 Å². The maximum atomic E-state index is 10.2. The van der Waals surface area contributed by atoms with E-state index in [1.165, 1.54) is 0 Å². The lowest BCUT2D eigenvalue weighted by molar-refractivity contribution is 0.0140. The van der Waals surface area contributed by atoms with E-state index in [4.69, 9.17) is 9.26 Å². The van der Waals surface area contributed by atoms with Gasteiger partial charge in [0.25, 0.3) is 0 Å². The van der Waals surface area contributed by atoms with E-state index < -0.39 is 6.10 Å². The second-order valence-electron chi connectivity index (χ2n) is 5.88. The zero-order valence-electron chi connectivity index (χ0n) is 13.1. The quantitative estimate of drug-likeness (QED) is 0.752. The van der Waals surface area contributed by atoms with Crippen LogP contribution in [0.15, 0.2) is 4.52 Å².